The third-order valence-electron chi connectivity index (χ3n) is 2.06. The van der Waals surface area contributed by atoms with Gasteiger partial charge < -0.3 is 9.84 Å². The largest absolute Gasteiger partial charge is 0.459 e. The second-order valence-corrected chi connectivity index (χ2v) is 3.72. The summed E-state index contributed by atoms with van der Waals surface area (Å²) in [6, 6.07) is 8.73. The summed E-state index contributed by atoms with van der Waals surface area (Å²) in [5.41, 5.74) is 1.62. The van der Waals surface area contributed by atoms with Gasteiger partial charge in [-0.15, -0.1) is 0 Å². The second kappa shape index (κ2) is 6.08. The third kappa shape index (κ3) is 3.87. The van der Waals surface area contributed by atoms with E-state index in [1.807, 2.05) is 19.9 Å². The zero-order chi connectivity index (χ0) is 12.0. The number of allylic oxidation sites excluding steroid dienone is 1. The van der Waals surface area contributed by atoms with E-state index in [0.717, 1.165) is 5.57 Å². The van der Waals surface area contributed by atoms with Gasteiger partial charge in [0.05, 0.1) is 0 Å². The number of hydrogen-bond donors (Lipinski definition) is 1. The second-order valence-electron chi connectivity index (χ2n) is 3.72. The molecule has 3 heteroatoms. The standard InChI is InChI=1S/C13H16O3/c1-10(2)8-9-16-13(15)12(14)11-6-4-3-5-7-11/h3-8,12,14H,9H2,1-2H3/t12-/m1/s1. The average molecular weight is 220 g/mol. The van der Waals surface area contributed by atoms with Gasteiger partial charge in [-0.25, -0.2) is 4.79 Å². The Hall–Kier alpha value is -1.61. The van der Waals surface area contributed by atoms with Crippen LogP contribution in [0.2, 0.25) is 0 Å². The maximum absolute atomic E-state index is 11.4. The van der Waals surface area contributed by atoms with E-state index in [1.54, 1.807) is 30.3 Å². The average Bonchev–Trinajstić information content (AvgIpc) is 2.28. The Balaban J connectivity index is 2.52. The topological polar surface area (TPSA) is 46.5 Å². The molecule has 0 aliphatic rings. The van der Waals surface area contributed by atoms with Crippen LogP contribution >= 0.6 is 0 Å². The van der Waals surface area contributed by atoms with Gasteiger partial charge in [-0.05, 0) is 25.5 Å². The van der Waals surface area contributed by atoms with Crippen molar-refractivity contribution in [2.75, 3.05) is 6.61 Å². The van der Waals surface area contributed by atoms with E-state index in [1.165, 1.54) is 0 Å². The lowest BCUT2D eigenvalue weighted by atomic mass is 10.1. The van der Waals surface area contributed by atoms with E-state index < -0.39 is 12.1 Å². The Morgan fingerprint density at radius 2 is 2.00 bits per heavy atom. The number of rotatable bonds is 4. The molecule has 0 bridgehead atoms. The zero-order valence-electron chi connectivity index (χ0n) is 9.51. The number of aliphatic hydroxyl groups excluding tert-OH is 1. The molecule has 0 heterocycles. The Bertz CT molecular complexity index is 364. The van der Waals surface area contributed by atoms with Crippen molar-refractivity contribution < 1.29 is 14.6 Å². The molecule has 0 spiro atoms. The van der Waals surface area contributed by atoms with Crippen LogP contribution in [0.1, 0.15) is 25.5 Å². The Labute approximate surface area is 95.4 Å². The fourth-order valence-electron chi connectivity index (χ4n) is 1.14. The minimum Gasteiger partial charge on any atom is -0.459 e. The highest BCUT2D eigenvalue weighted by molar-refractivity contribution is 5.76. The van der Waals surface area contributed by atoms with E-state index in [2.05, 4.69) is 0 Å². The highest BCUT2D eigenvalue weighted by Gasteiger charge is 2.17. The van der Waals surface area contributed by atoms with Gasteiger partial charge in [-0.2, -0.15) is 0 Å². The highest BCUT2D eigenvalue weighted by Crippen LogP contribution is 2.13. The number of ether oxygens (including phenoxy) is 1. The van der Waals surface area contributed by atoms with Crippen molar-refractivity contribution in [2.45, 2.75) is 20.0 Å². The fourth-order valence-corrected chi connectivity index (χ4v) is 1.14. The van der Waals surface area contributed by atoms with Crippen LogP contribution in [0.4, 0.5) is 0 Å². The summed E-state index contributed by atoms with van der Waals surface area (Å²) >= 11 is 0. The van der Waals surface area contributed by atoms with Crippen molar-refractivity contribution in [3.05, 3.63) is 47.5 Å². The lowest BCUT2D eigenvalue weighted by molar-refractivity contribution is -0.152. The van der Waals surface area contributed by atoms with E-state index >= 15 is 0 Å². The van der Waals surface area contributed by atoms with Gasteiger partial charge in [0.25, 0.3) is 0 Å². The number of carbonyl (C=O) groups is 1. The molecule has 0 unspecified atom stereocenters. The number of benzene rings is 1. The van der Waals surface area contributed by atoms with Crippen LogP contribution in [0.5, 0.6) is 0 Å². The number of carbonyl (C=O) groups excluding carboxylic acids is 1. The molecule has 1 rings (SSSR count). The van der Waals surface area contributed by atoms with Gasteiger partial charge >= 0.3 is 5.97 Å². The van der Waals surface area contributed by atoms with Crippen LogP contribution in [-0.2, 0) is 9.53 Å². The van der Waals surface area contributed by atoms with Gasteiger partial charge in [0.15, 0.2) is 6.10 Å². The molecular weight excluding hydrogens is 204 g/mol. The summed E-state index contributed by atoms with van der Waals surface area (Å²) in [5, 5.41) is 9.66. The van der Waals surface area contributed by atoms with Crippen molar-refractivity contribution in [3.8, 4) is 0 Å². The van der Waals surface area contributed by atoms with Gasteiger partial charge in [-0.3, -0.25) is 0 Å². The van der Waals surface area contributed by atoms with Crippen LogP contribution < -0.4 is 0 Å². The monoisotopic (exact) mass is 220 g/mol. The first-order chi connectivity index (χ1) is 7.61. The summed E-state index contributed by atoms with van der Waals surface area (Å²) < 4.78 is 4.90. The molecule has 1 aromatic rings. The van der Waals surface area contributed by atoms with Gasteiger partial charge in [0.1, 0.15) is 6.61 Å². The molecule has 0 fully saturated rings. The van der Waals surface area contributed by atoms with E-state index in [-0.39, 0.29) is 6.61 Å². The molecule has 1 aromatic carbocycles. The number of hydrogen-bond acceptors (Lipinski definition) is 3. The third-order valence-corrected chi connectivity index (χ3v) is 2.06. The summed E-state index contributed by atoms with van der Waals surface area (Å²) in [7, 11) is 0. The van der Waals surface area contributed by atoms with Gasteiger partial charge in [0.2, 0.25) is 0 Å². The molecule has 0 aliphatic heterocycles. The van der Waals surface area contributed by atoms with E-state index in [0.29, 0.717) is 5.56 Å². The first kappa shape index (κ1) is 12.5. The molecule has 0 saturated heterocycles. The fraction of sp³-hybridized carbons (Fsp3) is 0.308. The lowest BCUT2D eigenvalue weighted by Gasteiger charge is -2.09. The van der Waals surface area contributed by atoms with Gasteiger partial charge in [-0.1, -0.05) is 35.9 Å². The smallest absolute Gasteiger partial charge is 0.339 e. The van der Waals surface area contributed by atoms with Crippen molar-refractivity contribution >= 4 is 5.97 Å². The van der Waals surface area contributed by atoms with Crippen LogP contribution in [-0.4, -0.2) is 17.7 Å². The minimum atomic E-state index is -1.20. The summed E-state index contributed by atoms with van der Waals surface area (Å²) in [4.78, 5) is 11.4. The predicted octanol–water partition coefficient (Wildman–Crippen LogP) is 2.23. The summed E-state index contributed by atoms with van der Waals surface area (Å²) in [6.45, 7) is 4.04. The van der Waals surface area contributed by atoms with Crippen molar-refractivity contribution in [1.82, 2.24) is 0 Å². The highest BCUT2D eigenvalue weighted by atomic mass is 16.5. The molecule has 0 aromatic heterocycles. The molecule has 0 saturated carbocycles. The van der Waals surface area contributed by atoms with E-state index in [4.69, 9.17) is 4.74 Å². The molecule has 0 amide bonds. The maximum Gasteiger partial charge on any atom is 0.339 e. The Morgan fingerprint density at radius 3 is 2.56 bits per heavy atom. The maximum atomic E-state index is 11.4. The lowest BCUT2D eigenvalue weighted by Crippen LogP contribution is -2.15. The summed E-state index contributed by atoms with van der Waals surface area (Å²) in [5.74, 6) is -0.622. The van der Waals surface area contributed by atoms with Crippen molar-refractivity contribution in [2.24, 2.45) is 0 Å². The van der Waals surface area contributed by atoms with Crippen molar-refractivity contribution in [1.29, 1.82) is 0 Å². The van der Waals surface area contributed by atoms with Crippen molar-refractivity contribution in [3.63, 3.8) is 0 Å². The predicted molar refractivity (Wildman–Crippen MR) is 61.8 cm³/mol. The van der Waals surface area contributed by atoms with Crippen LogP contribution in [0.25, 0.3) is 0 Å². The molecule has 1 N–H and O–H groups in total. The molecule has 16 heavy (non-hydrogen) atoms. The SMILES string of the molecule is CC(C)=CCOC(=O)[C@H](O)c1ccccc1. The quantitative estimate of drug-likeness (QED) is 0.625. The number of esters is 1. The molecule has 0 aliphatic carbocycles. The van der Waals surface area contributed by atoms with Gasteiger partial charge in [0, 0.05) is 0 Å². The molecule has 86 valence electrons. The first-order valence-electron chi connectivity index (χ1n) is 5.14. The van der Waals surface area contributed by atoms with E-state index in [9.17, 15) is 9.90 Å². The molecule has 1 atom stereocenters. The molecular formula is C13H16O3. The first-order valence-corrected chi connectivity index (χ1v) is 5.14. The minimum absolute atomic E-state index is 0.199. The van der Waals surface area contributed by atoms with Crippen LogP contribution in [0, 0.1) is 0 Å². The number of aliphatic hydroxyl groups is 1. The van der Waals surface area contributed by atoms with Crippen LogP contribution in [0.3, 0.4) is 0 Å². The normalized spacial score (nSPS) is 11.7. The zero-order valence-corrected chi connectivity index (χ0v) is 9.51. The Morgan fingerprint density at radius 1 is 1.38 bits per heavy atom. The molecule has 3 nitrogen and oxygen atoms in total. The Kier molecular flexibility index (Phi) is 4.73. The summed E-state index contributed by atoms with van der Waals surface area (Å²) in [6.07, 6.45) is 0.585. The molecule has 0 radical (unpaired) electrons. The van der Waals surface area contributed by atoms with Crippen LogP contribution in [0.15, 0.2) is 42.0 Å².